The van der Waals surface area contributed by atoms with Gasteiger partial charge in [0.1, 0.15) is 0 Å². The van der Waals surface area contributed by atoms with Crippen LogP contribution < -0.4 is 11.1 Å². The molecule has 5 heteroatoms. The molecule has 0 saturated carbocycles. The number of carbonyl (C=O) groups excluding carboxylic acids is 2. The number of benzene rings is 1. The third-order valence-corrected chi connectivity index (χ3v) is 3.80. The summed E-state index contributed by atoms with van der Waals surface area (Å²) in [5.74, 6) is 0.136. The Balaban J connectivity index is 1.95. The molecule has 1 heterocycles. The molecule has 0 radical (unpaired) electrons. The lowest BCUT2D eigenvalue weighted by atomic mass is 9.96. The number of carbonyl (C=O) groups is 2. The fourth-order valence-corrected chi connectivity index (χ4v) is 2.50. The standard InChI is InChI=1S/C15H21N3O2/c1-2-11-4-3-9-18(10-11)15(20)17-13-7-5-12(6-8-13)14(16)19/h5-8,11H,2-4,9-10H2,1H3,(H2,16,19)(H,17,20)/t11-/m0/s1. The lowest BCUT2D eigenvalue weighted by Crippen LogP contribution is -2.42. The van der Waals surface area contributed by atoms with Crippen molar-refractivity contribution in [1.82, 2.24) is 4.90 Å². The highest BCUT2D eigenvalue weighted by atomic mass is 16.2. The fraction of sp³-hybridized carbons (Fsp3) is 0.467. The number of hydrogen-bond donors (Lipinski definition) is 2. The van der Waals surface area contributed by atoms with Crippen LogP contribution in [0.15, 0.2) is 24.3 Å². The number of urea groups is 1. The molecule has 0 unspecified atom stereocenters. The molecule has 0 spiro atoms. The van der Waals surface area contributed by atoms with Gasteiger partial charge >= 0.3 is 6.03 Å². The van der Waals surface area contributed by atoms with Crippen molar-refractivity contribution in [3.8, 4) is 0 Å². The summed E-state index contributed by atoms with van der Waals surface area (Å²) < 4.78 is 0. The average Bonchev–Trinajstić information content (AvgIpc) is 2.47. The van der Waals surface area contributed by atoms with Crippen LogP contribution in [0.4, 0.5) is 10.5 Å². The Morgan fingerprint density at radius 1 is 1.35 bits per heavy atom. The summed E-state index contributed by atoms with van der Waals surface area (Å²) >= 11 is 0. The number of rotatable bonds is 3. The van der Waals surface area contributed by atoms with E-state index in [9.17, 15) is 9.59 Å². The molecule has 1 saturated heterocycles. The first-order chi connectivity index (χ1) is 9.60. The van der Waals surface area contributed by atoms with Gasteiger partial charge < -0.3 is 16.0 Å². The highest BCUT2D eigenvalue weighted by Gasteiger charge is 2.22. The predicted molar refractivity (Wildman–Crippen MR) is 78.6 cm³/mol. The number of piperidine rings is 1. The normalized spacial score (nSPS) is 18.6. The molecule has 0 aromatic heterocycles. The zero-order valence-corrected chi connectivity index (χ0v) is 11.8. The average molecular weight is 275 g/mol. The second-order valence-electron chi connectivity index (χ2n) is 5.23. The second kappa shape index (κ2) is 6.41. The van der Waals surface area contributed by atoms with Gasteiger partial charge in [-0.3, -0.25) is 4.79 Å². The minimum Gasteiger partial charge on any atom is -0.366 e. The summed E-state index contributed by atoms with van der Waals surface area (Å²) in [7, 11) is 0. The molecule has 1 aliphatic rings. The Hall–Kier alpha value is -2.04. The first kappa shape index (κ1) is 14.4. The van der Waals surface area contributed by atoms with Gasteiger partial charge in [0.2, 0.25) is 5.91 Å². The Morgan fingerprint density at radius 3 is 2.65 bits per heavy atom. The first-order valence-corrected chi connectivity index (χ1v) is 7.06. The SMILES string of the molecule is CC[C@H]1CCCN(C(=O)Nc2ccc(C(N)=O)cc2)C1. The van der Waals surface area contributed by atoms with Crippen molar-refractivity contribution in [2.24, 2.45) is 11.7 Å². The number of nitrogens with one attached hydrogen (secondary N) is 1. The van der Waals surface area contributed by atoms with E-state index in [0.717, 1.165) is 25.9 Å². The Bertz CT molecular complexity index is 484. The maximum atomic E-state index is 12.2. The van der Waals surface area contributed by atoms with Gasteiger partial charge in [-0.05, 0) is 43.0 Å². The zero-order chi connectivity index (χ0) is 14.5. The van der Waals surface area contributed by atoms with Gasteiger partial charge in [0.15, 0.2) is 0 Å². The first-order valence-electron chi connectivity index (χ1n) is 7.06. The van der Waals surface area contributed by atoms with E-state index in [4.69, 9.17) is 5.73 Å². The Morgan fingerprint density at radius 2 is 2.05 bits per heavy atom. The van der Waals surface area contributed by atoms with Crippen LogP contribution >= 0.6 is 0 Å². The van der Waals surface area contributed by atoms with Crippen LogP contribution in [0.1, 0.15) is 36.5 Å². The van der Waals surface area contributed by atoms with Gasteiger partial charge in [-0.1, -0.05) is 13.3 Å². The molecule has 2 rings (SSSR count). The van der Waals surface area contributed by atoms with Gasteiger partial charge in [-0.2, -0.15) is 0 Å². The quantitative estimate of drug-likeness (QED) is 0.889. The van der Waals surface area contributed by atoms with Crippen molar-refractivity contribution in [2.45, 2.75) is 26.2 Å². The van der Waals surface area contributed by atoms with E-state index in [1.54, 1.807) is 24.3 Å². The molecule has 108 valence electrons. The molecule has 20 heavy (non-hydrogen) atoms. The van der Waals surface area contributed by atoms with E-state index in [1.807, 2.05) is 4.90 Å². The monoisotopic (exact) mass is 275 g/mol. The van der Waals surface area contributed by atoms with Crippen LogP contribution in [0.5, 0.6) is 0 Å². The molecule has 0 bridgehead atoms. The summed E-state index contributed by atoms with van der Waals surface area (Å²) in [6.45, 7) is 3.79. The van der Waals surface area contributed by atoms with Gasteiger partial charge in [0.25, 0.3) is 0 Å². The molecule has 1 atom stereocenters. The largest absolute Gasteiger partial charge is 0.366 e. The number of amides is 3. The summed E-state index contributed by atoms with van der Waals surface area (Å²) in [6.07, 6.45) is 3.37. The maximum Gasteiger partial charge on any atom is 0.321 e. The third-order valence-electron chi connectivity index (χ3n) is 3.80. The zero-order valence-electron chi connectivity index (χ0n) is 11.8. The Labute approximate surface area is 119 Å². The highest BCUT2D eigenvalue weighted by Crippen LogP contribution is 2.20. The number of primary amides is 1. The molecule has 1 aromatic carbocycles. The van der Waals surface area contributed by atoms with Crippen LogP contribution in [0, 0.1) is 5.92 Å². The molecular formula is C15H21N3O2. The number of nitrogens with zero attached hydrogens (tertiary/aromatic N) is 1. The van der Waals surface area contributed by atoms with E-state index < -0.39 is 5.91 Å². The summed E-state index contributed by atoms with van der Waals surface area (Å²) in [5.41, 5.74) is 6.29. The minimum absolute atomic E-state index is 0.0741. The Kier molecular flexibility index (Phi) is 4.61. The van der Waals surface area contributed by atoms with Crippen molar-refractivity contribution in [3.63, 3.8) is 0 Å². The highest BCUT2D eigenvalue weighted by molar-refractivity contribution is 5.94. The second-order valence-corrected chi connectivity index (χ2v) is 5.23. The summed E-state index contributed by atoms with van der Waals surface area (Å²) in [6, 6.07) is 6.54. The lowest BCUT2D eigenvalue weighted by molar-refractivity contribution is 0.100. The van der Waals surface area contributed by atoms with Crippen molar-refractivity contribution in [3.05, 3.63) is 29.8 Å². The molecule has 3 amide bonds. The number of hydrogen-bond acceptors (Lipinski definition) is 2. The molecule has 5 nitrogen and oxygen atoms in total. The molecule has 3 N–H and O–H groups in total. The van der Waals surface area contributed by atoms with E-state index in [1.165, 1.54) is 6.42 Å². The molecule has 1 aliphatic heterocycles. The van der Waals surface area contributed by atoms with Gasteiger partial charge in [-0.25, -0.2) is 4.79 Å². The lowest BCUT2D eigenvalue weighted by Gasteiger charge is -2.32. The van der Waals surface area contributed by atoms with Crippen LogP contribution in [0.25, 0.3) is 0 Å². The van der Waals surface area contributed by atoms with Crippen molar-refractivity contribution >= 4 is 17.6 Å². The van der Waals surface area contributed by atoms with E-state index in [0.29, 0.717) is 17.2 Å². The number of anilines is 1. The van der Waals surface area contributed by atoms with Crippen molar-refractivity contribution < 1.29 is 9.59 Å². The number of nitrogens with two attached hydrogens (primary N) is 1. The number of likely N-dealkylation sites (tertiary alicyclic amines) is 1. The van der Waals surface area contributed by atoms with Gasteiger partial charge in [-0.15, -0.1) is 0 Å². The summed E-state index contributed by atoms with van der Waals surface area (Å²) in [5, 5.41) is 2.86. The molecule has 1 aromatic rings. The summed E-state index contributed by atoms with van der Waals surface area (Å²) in [4.78, 5) is 25.0. The van der Waals surface area contributed by atoms with Gasteiger partial charge in [0, 0.05) is 24.3 Å². The van der Waals surface area contributed by atoms with E-state index in [2.05, 4.69) is 12.2 Å². The van der Waals surface area contributed by atoms with Crippen molar-refractivity contribution in [1.29, 1.82) is 0 Å². The van der Waals surface area contributed by atoms with Gasteiger partial charge in [0.05, 0.1) is 0 Å². The predicted octanol–water partition coefficient (Wildman–Crippen LogP) is 2.44. The van der Waals surface area contributed by atoms with E-state index >= 15 is 0 Å². The molecule has 0 aliphatic carbocycles. The van der Waals surface area contributed by atoms with Crippen molar-refractivity contribution in [2.75, 3.05) is 18.4 Å². The van der Waals surface area contributed by atoms with Crippen LogP contribution in [-0.4, -0.2) is 29.9 Å². The smallest absolute Gasteiger partial charge is 0.321 e. The van der Waals surface area contributed by atoms with E-state index in [-0.39, 0.29) is 6.03 Å². The minimum atomic E-state index is -0.468. The van der Waals surface area contributed by atoms with Crippen LogP contribution in [0.3, 0.4) is 0 Å². The topological polar surface area (TPSA) is 75.4 Å². The van der Waals surface area contributed by atoms with Crippen LogP contribution in [0.2, 0.25) is 0 Å². The molecule has 1 fully saturated rings. The fourth-order valence-electron chi connectivity index (χ4n) is 2.50. The third kappa shape index (κ3) is 3.50. The van der Waals surface area contributed by atoms with Crippen LogP contribution in [-0.2, 0) is 0 Å². The maximum absolute atomic E-state index is 12.2. The molecular weight excluding hydrogens is 254 g/mol.